The Labute approximate surface area is 62.1 Å². The van der Waals surface area contributed by atoms with E-state index in [4.69, 9.17) is 11.6 Å². The van der Waals surface area contributed by atoms with Crippen LogP contribution in [0, 0.1) is 0 Å². The Morgan fingerprint density at radius 1 is 1.50 bits per heavy atom. The van der Waals surface area contributed by atoms with Gasteiger partial charge in [0.25, 0.3) is 0 Å². The van der Waals surface area contributed by atoms with Crippen molar-refractivity contribution in [2.45, 2.75) is 6.04 Å². The Balaban J connectivity index is 2.51. The van der Waals surface area contributed by atoms with E-state index in [0.717, 1.165) is 0 Å². The molecule has 0 aromatic heterocycles. The molecule has 10 heavy (non-hydrogen) atoms. The third kappa shape index (κ3) is 1.37. The molecule has 5 nitrogen and oxygen atoms in total. The van der Waals surface area contributed by atoms with E-state index in [9.17, 15) is 9.59 Å². The molecule has 0 radical (unpaired) electrons. The van der Waals surface area contributed by atoms with Crippen LogP contribution < -0.4 is 16.2 Å². The number of urea groups is 1. The van der Waals surface area contributed by atoms with Crippen LogP contribution >= 0.6 is 11.6 Å². The van der Waals surface area contributed by atoms with Gasteiger partial charge in [-0.3, -0.25) is 15.5 Å². The van der Waals surface area contributed by atoms with Gasteiger partial charge < -0.3 is 0 Å². The summed E-state index contributed by atoms with van der Waals surface area (Å²) in [6.07, 6.45) is 0. The Morgan fingerprint density at radius 3 is 2.70 bits per heavy atom. The van der Waals surface area contributed by atoms with Gasteiger partial charge in [0.2, 0.25) is 5.91 Å². The highest BCUT2D eigenvalue weighted by Crippen LogP contribution is 1.90. The summed E-state index contributed by atoms with van der Waals surface area (Å²) in [6.45, 7) is 0. The average molecular weight is 164 g/mol. The number of carbonyl (C=O) groups is 2. The monoisotopic (exact) mass is 163 g/mol. The van der Waals surface area contributed by atoms with Crippen molar-refractivity contribution in [3.05, 3.63) is 0 Å². The number of rotatable bonds is 1. The molecule has 1 atom stereocenters. The number of nitrogens with one attached hydrogen (secondary N) is 3. The summed E-state index contributed by atoms with van der Waals surface area (Å²) >= 11 is 5.35. The molecule has 3 N–H and O–H groups in total. The zero-order valence-electron chi connectivity index (χ0n) is 4.98. The van der Waals surface area contributed by atoms with Crippen LogP contribution in [0.25, 0.3) is 0 Å². The summed E-state index contributed by atoms with van der Waals surface area (Å²) < 4.78 is 0. The second-order valence-corrected chi connectivity index (χ2v) is 2.10. The molecule has 1 heterocycles. The van der Waals surface area contributed by atoms with Gasteiger partial charge in [0.15, 0.2) is 0 Å². The highest BCUT2D eigenvalue weighted by Gasteiger charge is 2.24. The SMILES string of the molecule is O=C1NNC(CCl)C(=O)N1. The molecule has 3 amide bonds. The smallest absolute Gasteiger partial charge is 0.276 e. The molecule has 1 rings (SSSR count). The van der Waals surface area contributed by atoms with Crippen molar-refractivity contribution in [2.24, 2.45) is 0 Å². The van der Waals surface area contributed by atoms with Gasteiger partial charge in [0.1, 0.15) is 6.04 Å². The average Bonchev–Trinajstić information content (AvgIpc) is 1.88. The molecule has 1 saturated heterocycles. The normalized spacial score (nSPS) is 25.5. The largest absolute Gasteiger partial charge is 0.335 e. The van der Waals surface area contributed by atoms with E-state index < -0.39 is 18.0 Å². The molecule has 0 bridgehead atoms. The van der Waals surface area contributed by atoms with Crippen LogP contribution in [0.2, 0.25) is 0 Å². The van der Waals surface area contributed by atoms with E-state index in [1.54, 1.807) is 0 Å². The Hall–Kier alpha value is -0.810. The molecule has 0 saturated carbocycles. The Kier molecular flexibility index (Phi) is 2.08. The van der Waals surface area contributed by atoms with E-state index in [2.05, 4.69) is 10.9 Å². The van der Waals surface area contributed by atoms with Gasteiger partial charge in [-0.05, 0) is 0 Å². The maximum Gasteiger partial charge on any atom is 0.335 e. The van der Waals surface area contributed by atoms with Crippen LogP contribution in [0.5, 0.6) is 0 Å². The summed E-state index contributed by atoms with van der Waals surface area (Å²) in [7, 11) is 0. The van der Waals surface area contributed by atoms with Crippen LogP contribution in [0.1, 0.15) is 0 Å². The lowest BCUT2D eigenvalue weighted by Crippen LogP contribution is -2.63. The Morgan fingerprint density at radius 2 is 2.20 bits per heavy atom. The first kappa shape index (κ1) is 7.30. The van der Waals surface area contributed by atoms with E-state index in [1.165, 1.54) is 0 Å². The van der Waals surface area contributed by atoms with Crippen LogP contribution in [-0.2, 0) is 4.79 Å². The predicted octanol–water partition coefficient (Wildman–Crippen LogP) is -1.06. The maximum absolute atomic E-state index is 10.7. The lowest BCUT2D eigenvalue weighted by molar-refractivity contribution is -0.122. The molecule has 6 heteroatoms. The topological polar surface area (TPSA) is 70.2 Å². The van der Waals surface area contributed by atoms with E-state index >= 15 is 0 Å². The molecule has 0 aromatic rings. The highest BCUT2D eigenvalue weighted by molar-refractivity contribution is 6.20. The Bertz CT molecular complexity index is 172. The molecule has 1 aliphatic rings. The lowest BCUT2D eigenvalue weighted by atomic mass is 10.3. The highest BCUT2D eigenvalue weighted by atomic mass is 35.5. The standard InChI is InChI=1S/C4H6ClN3O2/c5-1-2-3(9)6-4(10)8-7-2/h2,7H,1H2,(H2,6,8,9,10). The fourth-order valence-electron chi connectivity index (χ4n) is 0.557. The van der Waals surface area contributed by atoms with Gasteiger partial charge in [-0.1, -0.05) is 0 Å². The minimum Gasteiger partial charge on any atom is -0.276 e. The third-order valence-corrected chi connectivity index (χ3v) is 1.38. The first-order chi connectivity index (χ1) is 4.74. The fraction of sp³-hybridized carbons (Fsp3) is 0.500. The van der Waals surface area contributed by atoms with Gasteiger partial charge in [-0.25, -0.2) is 10.2 Å². The summed E-state index contributed by atoms with van der Waals surface area (Å²) in [5, 5.41) is 2.04. The molecular formula is C4H6ClN3O2. The van der Waals surface area contributed by atoms with Crippen LogP contribution in [0.4, 0.5) is 4.79 Å². The summed E-state index contributed by atoms with van der Waals surface area (Å²) in [5.41, 5.74) is 4.63. The van der Waals surface area contributed by atoms with Gasteiger partial charge >= 0.3 is 6.03 Å². The van der Waals surface area contributed by atoms with E-state index in [0.29, 0.717) is 0 Å². The first-order valence-corrected chi connectivity index (χ1v) is 3.20. The van der Waals surface area contributed by atoms with Crippen molar-refractivity contribution >= 4 is 23.5 Å². The van der Waals surface area contributed by atoms with Crippen LogP contribution in [0.15, 0.2) is 0 Å². The lowest BCUT2D eigenvalue weighted by Gasteiger charge is -2.20. The van der Waals surface area contributed by atoms with Gasteiger partial charge in [0, 0.05) is 5.88 Å². The predicted molar refractivity (Wildman–Crippen MR) is 34.3 cm³/mol. The maximum atomic E-state index is 10.7. The summed E-state index contributed by atoms with van der Waals surface area (Å²) in [6, 6.07) is -1.08. The number of imide groups is 1. The fourth-order valence-corrected chi connectivity index (χ4v) is 0.774. The molecule has 1 unspecified atom stereocenters. The third-order valence-electron chi connectivity index (χ3n) is 1.07. The quantitative estimate of drug-likeness (QED) is 0.432. The van der Waals surface area contributed by atoms with Gasteiger partial charge in [0.05, 0.1) is 0 Å². The minimum absolute atomic E-state index is 0.131. The number of halogens is 1. The van der Waals surface area contributed by atoms with Crippen LogP contribution in [-0.4, -0.2) is 23.9 Å². The molecule has 0 aliphatic carbocycles. The van der Waals surface area contributed by atoms with Crippen molar-refractivity contribution in [1.29, 1.82) is 0 Å². The molecule has 0 aromatic carbocycles. The molecular weight excluding hydrogens is 158 g/mol. The number of hydrogen-bond donors (Lipinski definition) is 3. The van der Waals surface area contributed by atoms with Crippen molar-refractivity contribution in [1.82, 2.24) is 16.2 Å². The molecule has 1 fully saturated rings. The molecule has 56 valence electrons. The van der Waals surface area contributed by atoms with Gasteiger partial charge in [-0.15, -0.1) is 11.6 Å². The number of hydrogen-bond acceptors (Lipinski definition) is 3. The van der Waals surface area contributed by atoms with E-state index in [1.807, 2.05) is 5.32 Å². The number of carbonyl (C=O) groups excluding carboxylic acids is 2. The number of hydrazine groups is 1. The second kappa shape index (κ2) is 2.85. The first-order valence-electron chi connectivity index (χ1n) is 2.66. The van der Waals surface area contributed by atoms with Crippen molar-refractivity contribution in [3.63, 3.8) is 0 Å². The van der Waals surface area contributed by atoms with Crippen molar-refractivity contribution < 1.29 is 9.59 Å². The van der Waals surface area contributed by atoms with Gasteiger partial charge in [-0.2, -0.15) is 0 Å². The zero-order valence-corrected chi connectivity index (χ0v) is 5.73. The van der Waals surface area contributed by atoms with Crippen LogP contribution in [0.3, 0.4) is 0 Å². The summed E-state index contributed by atoms with van der Waals surface area (Å²) in [5.74, 6) is -0.273. The summed E-state index contributed by atoms with van der Waals surface area (Å²) in [4.78, 5) is 21.1. The molecule has 0 spiro atoms. The second-order valence-electron chi connectivity index (χ2n) is 1.79. The van der Waals surface area contributed by atoms with Crippen molar-refractivity contribution in [3.8, 4) is 0 Å². The number of alkyl halides is 1. The number of amides is 3. The minimum atomic E-state index is -0.550. The zero-order chi connectivity index (χ0) is 7.56. The van der Waals surface area contributed by atoms with Crippen molar-refractivity contribution in [2.75, 3.05) is 5.88 Å². The molecule has 1 aliphatic heterocycles. The van der Waals surface area contributed by atoms with E-state index in [-0.39, 0.29) is 5.88 Å².